The van der Waals surface area contributed by atoms with Gasteiger partial charge in [-0.25, -0.2) is 0 Å². The topological polar surface area (TPSA) is 43.7 Å². The van der Waals surface area contributed by atoms with Gasteiger partial charge in [0.25, 0.3) is 0 Å². The molecule has 0 amide bonds. The lowest BCUT2D eigenvalue weighted by molar-refractivity contribution is 0.0359. The van der Waals surface area contributed by atoms with Crippen LogP contribution in [0.1, 0.15) is 53.4 Å². The van der Waals surface area contributed by atoms with Gasteiger partial charge in [0.15, 0.2) is 0 Å². The maximum absolute atomic E-state index is 9.63. The molecule has 0 aromatic carbocycles. The average Bonchev–Trinajstić information content (AvgIpc) is 2.37. The second kappa shape index (κ2) is 8.90. The van der Waals surface area contributed by atoms with E-state index < -0.39 is 0 Å². The Balaban J connectivity index is 4.70. The number of aliphatic hydroxyl groups is 2. The quantitative estimate of drug-likeness (QED) is 0.620. The minimum atomic E-state index is -0.00222. The number of nitrogens with zero attached hydrogens (tertiary/aromatic N) is 1. The van der Waals surface area contributed by atoms with Gasteiger partial charge < -0.3 is 10.2 Å². The van der Waals surface area contributed by atoms with Crippen molar-refractivity contribution in [2.75, 3.05) is 26.3 Å². The zero-order chi connectivity index (χ0) is 13.3. The number of hydrogen-bond acceptors (Lipinski definition) is 3. The maximum Gasteiger partial charge on any atom is 0.0558 e. The van der Waals surface area contributed by atoms with Crippen molar-refractivity contribution in [3.8, 4) is 0 Å². The largest absolute Gasteiger partial charge is 0.396 e. The van der Waals surface area contributed by atoms with Gasteiger partial charge in [-0.05, 0) is 25.7 Å². The molecule has 0 aliphatic carbocycles. The van der Waals surface area contributed by atoms with Gasteiger partial charge in [0.05, 0.1) is 6.61 Å². The van der Waals surface area contributed by atoms with Crippen LogP contribution in [0, 0.1) is 5.41 Å². The molecule has 0 spiro atoms. The van der Waals surface area contributed by atoms with Gasteiger partial charge in [-0.2, -0.15) is 0 Å². The third-order valence-electron chi connectivity index (χ3n) is 4.22. The Morgan fingerprint density at radius 1 is 1.00 bits per heavy atom. The van der Waals surface area contributed by atoms with Gasteiger partial charge in [-0.15, -0.1) is 0 Å². The lowest BCUT2D eigenvalue weighted by Crippen LogP contribution is -2.45. The number of rotatable bonds is 10. The molecule has 17 heavy (non-hydrogen) atoms. The summed E-state index contributed by atoms with van der Waals surface area (Å²) < 4.78 is 0. The van der Waals surface area contributed by atoms with E-state index in [1.807, 2.05) is 0 Å². The Morgan fingerprint density at radius 2 is 1.53 bits per heavy atom. The smallest absolute Gasteiger partial charge is 0.0558 e. The van der Waals surface area contributed by atoms with Crippen molar-refractivity contribution in [1.29, 1.82) is 0 Å². The molecule has 0 aromatic heterocycles. The van der Waals surface area contributed by atoms with E-state index in [4.69, 9.17) is 0 Å². The summed E-state index contributed by atoms with van der Waals surface area (Å²) >= 11 is 0. The van der Waals surface area contributed by atoms with Gasteiger partial charge >= 0.3 is 0 Å². The molecule has 3 heteroatoms. The highest BCUT2D eigenvalue weighted by Crippen LogP contribution is 2.28. The molecular formula is C14H31NO2. The fraction of sp³-hybridized carbons (Fsp3) is 1.00. The van der Waals surface area contributed by atoms with Gasteiger partial charge in [-0.1, -0.05) is 27.7 Å². The first-order valence-electron chi connectivity index (χ1n) is 7.08. The molecule has 0 fully saturated rings. The van der Waals surface area contributed by atoms with Crippen LogP contribution in [0.25, 0.3) is 0 Å². The molecule has 104 valence electrons. The third kappa shape index (κ3) is 4.94. The monoisotopic (exact) mass is 245 g/mol. The molecule has 0 rings (SSSR count). The summed E-state index contributed by atoms with van der Waals surface area (Å²) in [6.07, 6.45) is 4.18. The van der Waals surface area contributed by atoms with Crippen LogP contribution in [0.2, 0.25) is 0 Å². The maximum atomic E-state index is 9.63. The Kier molecular flexibility index (Phi) is 8.83. The Hall–Kier alpha value is -0.120. The van der Waals surface area contributed by atoms with Crippen LogP contribution in [0.15, 0.2) is 0 Å². The summed E-state index contributed by atoms with van der Waals surface area (Å²) in [6, 6.07) is 0.520. The molecule has 0 saturated heterocycles. The zero-order valence-corrected chi connectivity index (χ0v) is 12.1. The standard InChI is InChI=1S/C14H31NO2/c1-5-13(6-2)15(9-10-16)11-14(7-3,8-4)12-17/h13,16-17H,5-12H2,1-4H3. The van der Waals surface area contributed by atoms with E-state index in [1.54, 1.807) is 0 Å². The average molecular weight is 245 g/mol. The van der Waals surface area contributed by atoms with Crippen LogP contribution in [-0.4, -0.2) is 47.5 Å². The van der Waals surface area contributed by atoms with E-state index in [0.717, 1.165) is 32.2 Å². The lowest BCUT2D eigenvalue weighted by Gasteiger charge is -2.39. The van der Waals surface area contributed by atoms with Crippen LogP contribution >= 0.6 is 0 Å². The number of hydrogen-bond donors (Lipinski definition) is 2. The highest BCUT2D eigenvalue weighted by atomic mass is 16.3. The fourth-order valence-electron chi connectivity index (χ4n) is 2.50. The summed E-state index contributed by atoms with van der Waals surface area (Å²) in [5.74, 6) is 0. The van der Waals surface area contributed by atoms with Gasteiger partial charge in [-0.3, -0.25) is 4.90 Å². The van der Waals surface area contributed by atoms with Crippen molar-refractivity contribution < 1.29 is 10.2 Å². The molecule has 2 N–H and O–H groups in total. The molecule has 3 nitrogen and oxygen atoms in total. The molecule has 0 saturated carbocycles. The van der Waals surface area contributed by atoms with Crippen molar-refractivity contribution in [1.82, 2.24) is 4.90 Å². The minimum Gasteiger partial charge on any atom is -0.396 e. The van der Waals surface area contributed by atoms with E-state index in [0.29, 0.717) is 12.6 Å². The van der Waals surface area contributed by atoms with Crippen molar-refractivity contribution >= 4 is 0 Å². The first-order valence-corrected chi connectivity index (χ1v) is 7.08. The molecule has 0 unspecified atom stereocenters. The van der Waals surface area contributed by atoms with E-state index >= 15 is 0 Å². The van der Waals surface area contributed by atoms with Crippen LogP contribution < -0.4 is 0 Å². The summed E-state index contributed by atoms with van der Waals surface area (Å²) in [7, 11) is 0. The van der Waals surface area contributed by atoms with E-state index in [2.05, 4.69) is 32.6 Å². The second-order valence-electron chi connectivity index (χ2n) is 5.03. The first kappa shape index (κ1) is 16.9. The molecule has 0 atom stereocenters. The van der Waals surface area contributed by atoms with Crippen molar-refractivity contribution in [3.63, 3.8) is 0 Å². The highest BCUT2D eigenvalue weighted by molar-refractivity contribution is 4.82. The molecule has 0 bridgehead atoms. The van der Waals surface area contributed by atoms with E-state index in [9.17, 15) is 10.2 Å². The Bertz CT molecular complexity index is 169. The van der Waals surface area contributed by atoms with E-state index in [-0.39, 0.29) is 18.6 Å². The van der Waals surface area contributed by atoms with Crippen LogP contribution in [-0.2, 0) is 0 Å². The lowest BCUT2D eigenvalue weighted by atomic mass is 9.82. The second-order valence-corrected chi connectivity index (χ2v) is 5.03. The summed E-state index contributed by atoms with van der Waals surface area (Å²) in [5.41, 5.74) is -0.00222. The first-order chi connectivity index (χ1) is 8.12. The molecule has 0 radical (unpaired) electrons. The van der Waals surface area contributed by atoms with Crippen LogP contribution in [0.3, 0.4) is 0 Å². The molecular weight excluding hydrogens is 214 g/mol. The molecule has 0 aromatic rings. The predicted molar refractivity (Wildman–Crippen MR) is 73.1 cm³/mol. The summed E-state index contributed by atoms with van der Waals surface area (Å²) in [4.78, 5) is 2.35. The fourth-order valence-corrected chi connectivity index (χ4v) is 2.50. The minimum absolute atomic E-state index is 0.00222. The summed E-state index contributed by atoms with van der Waals surface area (Å²) in [5, 5.41) is 18.8. The van der Waals surface area contributed by atoms with Crippen LogP contribution in [0.4, 0.5) is 0 Å². The molecule has 0 aliphatic rings. The van der Waals surface area contributed by atoms with Crippen LogP contribution in [0.5, 0.6) is 0 Å². The molecule has 0 heterocycles. The predicted octanol–water partition coefficient (Wildman–Crippen LogP) is 2.27. The zero-order valence-electron chi connectivity index (χ0n) is 12.1. The van der Waals surface area contributed by atoms with Crippen molar-refractivity contribution in [2.45, 2.75) is 59.4 Å². The normalized spacial score (nSPS) is 12.7. The SMILES string of the molecule is CCC(CC)N(CCO)CC(CC)(CC)CO. The summed E-state index contributed by atoms with van der Waals surface area (Å²) in [6.45, 7) is 10.7. The Morgan fingerprint density at radius 3 is 1.82 bits per heavy atom. The number of aliphatic hydroxyl groups excluding tert-OH is 2. The van der Waals surface area contributed by atoms with E-state index in [1.165, 1.54) is 0 Å². The molecule has 0 aliphatic heterocycles. The Labute approximate surface area is 107 Å². The highest BCUT2D eigenvalue weighted by Gasteiger charge is 2.29. The van der Waals surface area contributed by atoms with Crippen molar-refractivity contribution in [2.24, 2.45) is 5.41 Å². The van der Waals surface area contributed by atoms with Gasteiger partial charge in [0.1, 0.15) is 0 Å². The van der Waals surface area contributed by atoms with Gasteiger partial charge in [0.2, 0.25) is 0 Å². The van der Waals surface area contributed by atoms with Crippen molar-refractivity contribution in [3.05, 3.63) is 0 Å². The third-order valence-corrected chi connectivity index (χ3v) is 4.22. The van der Waals surface area contributed by atoms with Gasteiger partial charge in [0, 0.05) is 31.2 Å².